The number of hydrogen-bond acceptors (Lipinski definition) is 12. The Kier molecular flexibility index (Phi) is 11.7. The number of anilines is 4. The fraction of sp³-hybridized carbons (Fsp3) is 0.429. The highest BCUT2D eigenvalue weighted by molar-refractivity contribution is 5.95. The molecule has 1 amide bonds. The first-order valence-corrected chi connectivity index (χ1v) is 13.8. The number of fused-ring (bicyclic) bond motifs is 1. The van der Waals surface area contributed by atoms with Gasteiger partial charge in [-0.1, -0.05) is 31.5 Å². The Bertz CT molecular complexity index is 1260. The fourth-order valence-corrected chi connectivity index (χ4v) is 3.88. The monoisotopic (exact) mass is 566 g/mol. The average molecular weight is 567 g/mol. The molecule has 1 aliphatic rings. The van der Waals surface area contributed by atoms with Gasteiger partial charge in [0, 0.05) is 43.0 Å². The van der Waals surface area contributed by atoms with Crippen LogP contribution in [0.4, 0.5) is 23.5 Å². The Hall–Kier alpha value is -4.20. The summed E-state index contributed by atoms with van der Waals surface area (Å²) in [6.07, 6.45) is 2.02. The topological polar surface area (TPSA) is 167 Å². The summed E-state index contributed by atoms with van der Waals surface area (Å²) < 4.78 is 21.8. The molecule has 0 saturated carbocycles. The summed E-state index contributed by atoms with van der Waals surface area (Å²) in [7, 11) is 0. The number of benzene rings is 2. The molecular formula is C28H38N8O5. The number of carbonyl (C=O) groups excluding carboxylic acids is 1. The van der Waals surface area contributed by atoms with Crippen molar-refractivity contribution in [1.29, 1.82) is 0 Å². The number of hydrogen-bond donors (Lipinski definition) is 5. The van der Waals surface area contributed by atoms with E-state index in [-0.39, 0.29) is 12.7 Å². The van der Waals surface area contributed by atoms with Gasteiger partial charge >= 0.3 is 0 Å². The van der Waals surface area contributed by atoms with Gasteiger partial charge in [-0.15, -0.1) is 0 Å². The molecule has 0 spiro atoms. The predicted octanol–water partition coefficient (Wildman–Crippen LogP) is 2.89. The molecule has 220 valence electrons. The summed E-state index contributed by atoms with van der Waals surface area (Å²) in [5.74, 6) is 2.39. The molecule has 0 radical (unpaired) electrons. The maximum absolute atomic E-state index is 12.7. The Labute approximate surface area is 239 Å². The van der Waals surface area contributed by atoms with Crippen LogP contribution in [-0.4, -0.2) is 73.7 Å². The average Bonchev–Trinajstić information content (AvgIpc) is 3.47. The van der Waals surface area contributed by atoms with Crippen LogP contribution in [0.15, 0.2) is 42.5 Å². The smallest absolute Gasteiger partial charge is 0.251 e. The van der Waals surface area contributed by atoms with Gasteiger partial charge in [-0.25, -0.2) is 0 Å². The van der Waals surface area contributed by atoms with Gasteiger partial charge in [-0.2, -0.15) is 15.0 Å². The molecule has 13 nitrogen and oxygen atoms in total. The van der Waals surface area contributed by atoms with Crippen LogP contribution in [0.25, 0.3) is 0 Å². The maximum Gasteiger partial charge on any atom is 0.251 e. The highest BCUT2D eigenvalue weighted by Gasteiger charge is 2.17. The van der Waals surface area contributed by atoms with Crippen molar-refractivity contribution in [3.05, 3.63) is 53.6 Å². The predicted molar refractivity (Wildman–Crippen MR) is 156 cm³/mol. The summed E-state index contributed by atoms with van der Waals surface area (Å²) in [4.78, 5) is 26.3. The largest absolute Gasteiger partial charge is 0.454 e. The molecule has 1 aliphatic heterocycles. The number of aromatic nitrogens is 3. The lowest BCUT2D eigenvalue weighted by Gasteiger charge is -2.13. The molecule has 13 heteroatoms. The van der Waals surface area contributed by atoms with E-state index < -0.39 is 0 Å². The second-order valence-electron chi connectivity index (χ2n) is 9.07. The van der Waals surface area contributed by atoms with Crippen LogP contribution in [0.1, 0.15) is 35.7 Å². The van der Waals surface area contributed by atoms with Gasteiger partial charge in [0.15, 0.2) is 11.5 Å². The van der Waals surface area contributed by atoms with Gasteiger partial charge in [-0.05, 0) is 30.7 Å². The van der Waals surface area contributed by atoms with E-state index >= 15 is 0 Å². The van der Waals surface area contributed by atoms with Gasteiger partial charge in [-0.3, -0.25) is 4.79 Å². The second-order valence-corrected chi connectivity index (χ2v) is 9.07. The summed E-state index contributed by atoms with van der Waals surface area (Å²) >= 11 is 0. The van der Waals surface area contributed by atoms with Crippen LogP contribution < -0.4 is 36.5 Å². The molecule has 0 atom stereocenters. The van der Waals surface area contributed by atoms with Crippen LogP contribution in [0, 0.1) is 0 Å². The number of para-hydroxylation sites is 1. The first kappa shape index (κ1) is 29.8. The number of carbonyl (C=O) groups is 1. The number of ether oxygens (including phenoxy) is 4. The highest BCUT2D eigenvalue weighted by atomic mass is 16.7. The maximum atomic E-state index is 12.7. The van der Waals surface area contributed by atoms with E-state index in [0.29, 0.717) is 86.7 Å². The van der Waals surface area contributed by atoms with Crippen molar-refractivity contribution in [3.8, 4) is 11.5 Å². The van der Waals surface area contributed by atoms with E-state index in [1.807, 2.05) is 24.3 Å². The molecule has 3 aromatic rings. The molecule has 0 unspecified atom stereocenters. The first-order valence-electron chi connectivity index (χ1n) is 13.8. The van der Waals surface area contributed by atoms with Gasteiger partial charge in [0.05, 0.1) is 26.4 Å². The molecule has 41 heavy (non-hydrogen) atoms. The summed E-state index contributed by atoms with van der Waals surface area (Å²) in [6.45, 7) is 6.16. The molecule has 0 aliphatic carbocycles. The van der Waals surface area contributed by atoms with Crippen molar-refractivity contribution in [3.63, 3.8) is 0 Å². The lowest BCUT2D eigenvalue weighted by Crippen LogP contribution is -2.27. The zero-order valence-corrected chi connectivity index (χ0v) is 23.3. The molecule has 0 saturated heterocycles. The van der Waals surface area contributed by atoms with Crippen molar-refractivity contribution in [2.24, 2.45) is 5.73 Å². The number of rotatable bonds is 18. The molecular weight excluding hydrogens is 528 g/mol. The normalized spacial score (nSPS) is 11.8. The summed E-state index contributed by atoms with van der Waals surface area (Å²) in [5, 5.41) is 12.6. The number of unbranched alkanes of at least 4 members (excludes halogenated alkanes) is 1. The van der Waals surface area contributed by atoms with Gasteiger partial charge < -0.3 is 45.9 Å². The molecule has 2 aromatic carbocycles. The lowest BCUT2D eigenvalue weighted by molar-refractivity contribution is 0.0511. The Morgan fingerprint density at radius 1 is 0.927 bits per heavy atom. The van der Waals surface area contributed by atoms with Crippen molar-refractivity contribution in [2.45, 2.75) is 26.3 Å². The van der Waals surface area contributed by atoms with Gasteiger partial charge in [0.25, 0.3) is 5.91 Å². The number of amides is 1. The summed E-state index contributed by atoms with van der Waals surface area (Å²) in [6, 6.07) is 12.9. The Balaban J connectivity index is 1.37. The van der Waals surface area contributed by atoms with E-state index in [0.717, 1.165) is 24.9 Å². The first-order chi connectivity index (χ1) is 20.2. The van der Waals surface area contributed by atoms with Gasteiger partial charge in [0.1, 0.15) is 0 Å². The number of nitrogens with zero attached hydrogens (tertiary/aromatic N) is 3. The standard InChI is InChI=1S/C28H38N8O5/c1-2-3-11-31-26-34-27(32-18-21-7-5-9-23-24(21)41-19-40-23)36-28(35-26)33-22-8-4-6-20(17-22)25(37)30-12-14-39-16-15-38-13-10-29/h4-9,17H,2-3,10-16,18-19,29H2,1H3,(H,30,37)(H3,31,32,33,34,35,36). The molecule has 0 fully saturated rings. The van der Waals surface area contributed by atoms with Crippen LogP contribution in [-0.2, 0) is 16.0 Å². The van der Waals surface area contributed by atoms with E-state index in [1.165, 1.54) is 0 Å². The van der Waals surface area contributed by atoms with Crippen molar-refractivity contribution in [1.82, 2.24) is 20.3 Å². The third-order valence-corrected chi connectivity index (χ3v) is 5.91. The number of nitrogens with two attached hydrogens (primary N) is 1. The van der Waals surface area contributed by atoms with E-state index in [1.54, 1.807) is 18.2 Å². The number of nitrogens with one attached hydrogen (secondary N) is 4. The quantitative estimate of drug-likeness (QED) is 0.143. The van der Waals surface area contributed by atoms with Crippen LogP contribution >= 0.6 is 0 Å². The van der Waals surface area contributed by atoms with Crippen molar-refractivity contribution < 1.29 is 23.7 Å². The van der Waals surface area contributed by atoms with Crippen LogP contribution in [0.3, 0.4) is 0 Å². The zero-order chi connectivity index (χ0) is 28.7. The second kappa shape index (κ2) is 16.2. The Morgan fingerprint density at radius 3 is 2.54 bits per heavy atom. The van der Waals surface area contributed by atoms with Crippen molar-refractivity contribution in [2.75, 3.05) is 68.8 Å². The fourth-order valence-electron chi connectivity index (χ4n) is 3.88. The van der Waals surface area contributed by atoms with Gasteiger partial charge in [0.2, 0.25) is 24.6 Å². The molecule has 2 heterocycles. The minimum absolute atomic E-state index is 0.202. The molecule has 1 aromatic heterocycles. The third kappa shape index (κ3) is 9.45. The minimum atomic E-state index is -0.210. The highest BCUT2D eigenvalue weighted by Crippen LogP contribution is 2.35. The van der Waals surface area contributed by atoms with E-state index in [9.17, 15) is 4.79 Å². The zero-order valence-electron chi connectivity index (χ0n) is 23.3. The SMILES string of the molecule is CCCCNc1nc(NCc2cccc3c2OCO3)nc(Nc2cccc(C(=O)NCCOCCOCCN)c2)n1. The Morgan fingerprint density at radius 2 is 1.71 bits per heavy atom. The van der Waals surface area contributed by atoms with Crippen LogP contribution in [0.2, 0.25) is 0 Å². The molecule has 0 bridgehead atoms. The molecule has 4 rings (SSSR count). The van der Waals surface area contributed by atoms with Crippen molar-refractivity contribution >= 4 is 29.4 Å². The third-order valence-electron chi connectivity index (χ3n) is 5.91. The minimum Gasteiger partial charge on any atom is -0.454 e. The van der Waals surface area contributed by atoms with E-state index in [4.69, 9.17) is 24.7 Å². The lowest BCUT2D eigenvalue weighted by atomic mass is 10.2. The summed E-state index contributed by atoms with van der Waals surface area (Å²) in [5.41, 5.74) is 7.46. The molecule has 6 N–H and O–H groups in total. The van der Waals surface area contributed by atoms with Crippen LogP contribution in [0.5, 0.6) is 11.5 Å². The van der Waals surface area contributed by atoms with E-state index in [2.05, 4.69) is 43.1 Å².